The van der Waals surface area contributed by atoms with Gasteiger partial charge in [-0.1, -0.05) is 42.6 Å². The maximum Gasteiger partial charge on any atom is 0.161 e. The summed E-state index contributed by atoms with van der Waals surface area (Å²) in [6, 6.07) is 4.67. The number of aliphatic imine (C=N–C) groups is 1. The van der Waals surface area contributed by atoms with Crippen molar-refractivity contribution in [3.05, 3.63) is 29.0 Å². The lowest BCUT2D eigenvalue weighted by molar-refractivity contribution is 0.335. The molecule has 0 saturated heterocycles. The quantitative estimate of drug-likeness (QED) is 0.813. The van der Waals surface area contributed by atoms with Crippen molar-refractivity contribution in [2.75, 3.05) is 11.1 Å². The van der Waals surface area contributed by atoms with Gasteiger partial charge in [0.1, 0.15) is 5.82 Å². The number of hydrogen-bond donors (Lipinski definition) is 1. The van der Waals surface area contributed by atoms with E-state index in [4.69, 9.17) is 16.6 Å². The largest absolute Gasteiger partial charge is 0.335 e. The molecule has 1 aromatic rings. The van der Waals surface area contributed by atoms with Crippen LogP contribution in [0.5, 0.6) is 0 Å². The minimum atomic E-state index is -0.392. The third kappa shape index (κ3) is 2.90. The Labute approximate surface area is 121 Å². The van der Waals surface area contributed by atoms with Gasteiger partial charge >= 0.3 is 0 Å². The van der Waals surface area contributed by atoms with Gasteiger partial charge in [-0.25, -0.2) is 4.39 Å². The smallest absolute Gasteiger partial charge is 0.161 e. The van der Waals surface area contributed by atoms with Gasteiger partial charge in [0.25, 0.3) is 0 Å². The zero-order valence-electron chi connectivity index (χ0n) is 10.6. The highest BCUT2D eigenvalue weighted by molar-refractivity contribution is 8.14. The van der Waals surface area contributed by atoms with Gasteiger partial charge in [-0.3, -0.25) is 4.99 Å². The molecule has 2 aliphatic rings. The fraction of sp³-hybridized carbons (Fsp3) is 0.500. The maximum atomic E-state index is 13.1. The van der Waals surface area contributed by atoms with Gasteiger partial charge in [0.15, 0.2) is 5.17 Å². The number of thioether (sulfide) groups is 1. The molecule has 0 amide bonds. The lowest BCUT2D eigenvalue weighted by Gasteiger charge is -2.29. The average Bonchev–Trinajstić information content (AvgIpc) is 2.78. The molecule has 2 nitrogen and oxygen atoms in total. The number of amidine groups is 1. The number of nitrogens with one attached hydrogen (secondary N) is 1. The second-order valence-corrected chi connectivity index (χ2v) is 6.62. The van der Waals surface area contributed by atoms with Crippen LogP contribution in [0.25, 0.3) is 0 Å². The number of rotatable bonds is 1. The van der Waals surface area contributed by atoms with Gasteiger partial charge in [-0.05, 0) is 31.0 Å². The molecule has 1 fully saturated rings. The average molecular weight is 299 g/mol. The second kappa shape index (κ2) is 5.33. The highest BCUT2D eigenvalue weighted by Crippen LogP contribution is 2.40. The number of hydrogen-bond acceptors (Lipinski definition) is 3. The van der Waals surface area contributed by atoms with E-state index in [0.29, 0.717) is 0 Å². The van der Waals surface area contributed by atoms with Crippen molar-refractivity contribution in [1.82, 2.24) is 0 Å². The zero-order chi connectivity index (χ0) is 13.3. The van der Waals surface area contributed by atoms with Crippen LogP contribution in [-0.2, 0) is 0 Å². The Hall–Kier alpha value is -0.740. The van der Waals surface area contributed by atoms with E-state index in [9.17, 15) is 4.39 Å². The van der Waals surface area contributed by atoms with E-state index in [-0.39, 0.29) is 10.6 Å². The van der Waals surface area contributed by atoms with Crippen LogP contribution in [0.1, 0.15) is 32.1 Å². The van der Waals surface area contributed by atoms with Gasteiger partial charge in [0.2, 0.25) is 0 Å². The van der Waals surface area contributed by atoms with Crippen LogP contribution in [0.15, 0.2) is 23.2 Å². The molecule has 1 aliphatic heterocycles. The number of halogens is 2. The van der Waals surface area contributed by atoms with Gasteiger partial charge in [0.05, 0.1) is 10.6 Å². The lowest BCUT2D eigenvalue weighted by Crippen LogP contribution is -2.29. The summed E-state index contributed by atoms with van der Waals surface area (Å²) in [5.41, 5.74) is 0.945. The van der Waals surface area contributed by atoms with Crippen LogP contribution in [0.4, 0.5) is 10.1 Å². The summed E-state index contributed by atoms with van der Waals surface area (Å²) in [6.45, 7) is 0. The van der Waals surface area contributed by atoms with Gasteiger partial charge in [0, 0.05) is 11.4 Å². The summed E-state index contributed by atoms with van der Waals surface area (Å²) in [7, 11) is 0. The monoisotopic (exact) mass is 298 g/mol. The molecule has 1 saturated carbocycles. The number of benzene rings is 1. The fourth-order valence-electron chi connectivity index (χ4n) is 2.71. The standard InChI is InChI=1S/C14H16ClFN2S/c15-11-8-10(4-5-12(11)16)17-13-18-14(9-19-13)6-2-1-3-7-14/h4-5,8H,1-3,6-7,9H2,(H,17,18). The van der Waals surface area contributed by atoms with E-state index < -0.39 is 5.82 Å². The summed E-state index contributed by atoms with van der Waals surface area (Å²) in [5, 5.41) is 4.32. The van der Waals surface area contributed by atoms with Crippen molar-refractivity contribution in [3.8, 4) is 0 Å². The topological polar surface area (TPSA) is 24.4 Å². The Morgan fingerprint density at radius 1 is 1.26 bits per heavy atom. The molecule has 102 valence electrons. The molecular formula is C14H16ClFN2S. The Balaban J connectivity index is 1.73. The van der Waals surface area contributed by atoms with Crippen molar-refractivity contribution in [1.29, 1.82) is 0 Å². The fourth-order valence-corrected chi connectivity index (χ4v) is 4.10. The summed E-state index contributed by atoms with van der Waals surface area (Å²) in [6.07, 6.45) is 6.27. The Morgan fingerprint density at radius 2 is 2.05 bits per heavy atom. The van der Waals surface area contributed by atoms with Crippen LogP contribution in [0.2, 0.25) is 5.02 Å². The third-order valence-corrected chi connectivity index (χ3v) is 5.21. The Kier molecular flexibility index (Phi) is 3.72. The number of anilines is 1. The van der Waals surface area contributed by atoms with Gasteiger partial charge in [-0.15, -0.1) is 0 Å². The summed E-state index contributed by atoms with van der Waals surface area (Å²) < 4.78 is 13.1. The van der Waals surface area contributed by atoms with Crippen molar-refractivity contribution >= 4 is 34.2 Å². The first-order valence-corrected chi connectivity index (χ1v) is 7.98. The lowest BCUT2D eigenvalue weighted by atomic mass is 9.84. The molecule has 19 heavy (non-hydrogen) atoms. The number of nitrogens with zero attached hydrogens (tertiary/aromatic N) is 1. The second-order valence-electron chi connectivity index (χ2n) is 5.24. The molecule has 3 rings (SSSR count). The van der Waals surface area contributed by atoms with E-state index in [1.54, 1.807) is 23.9 Å². The molecular weight excluding hydrogens is 283 g/mol. The predicted octanol–water partition coefficient (Wildman–Crippen LogP) is 4.70. The van der Waals surface area contributed by atoms with Crippen LogP contribution < -0.4 is 5.32 Å². The molecule has 1 aromatic carbocycles. The predicted molar refractivity (Wildman–Crippen MR) is 80.7 cm³/mol. The molecule has 0 unspecified atom stereocenters. The highest BCUT2D eigenvalue weighted by atomic mass is 35.5. The summed E-state index contributed by atoms with van der Waals surface area (Å²) >= 11 is 7.53. The first-order valence-electron chi connectivity index (χ1n) is 6.62. The van der Waals surface area contributed by atoms with Crippen LogP contribution >= 0.6 is 23.4 Å². The van der Waals surface area contributed by atoms with Crippen molar-refractivity contribution in [3.63, 3.8) is 0 Å². The van der Waals surface area contributed by atoms with Crippen LogP contribution in [0, 0.1) is 5.82 Å². The SMILES string of the molecule is Fc1ccc(NC2=NC3(CCCCC3)CS2)cc1Cl. The van der Waals surface area contributed by atoms with E-state index in [2.05, 4.69) is 5.32 Å². The zero-order valence-corrected chi connectivity index (χ0v) is 12.2. The first kappa shape index (κ1) is 13.3. The minimum Gasteiger partial charge on any atom is -0.335 e. The molecule has 0 aromatic heterocycles. The summed E-state index contributed by atoms with van der Waals surface area (Å²) in [4.78, 5) is 4.86. The molecule has 1 aliphatic carbocycles. The third-order valence-electron chi connectivity index (χ3n) is 3.77. The maximum absolute atomic E-state index is 13.1. The molecule has 0 bridgehead atoms. The first-order chi connectivity index (χ1) is 9.17. The highest BCUT2D eigenvalue weighted by Gasteiger charge is 2.36. The van der Waals surface area contributed by atoms with Crippen molar-refractivity contribution in [2.45, 2.75) is 37.6 Å². The van der Waals surface area contributed by atoms with Gasteiger partial charge < -0.3 is 5.32 Å². The molecule has 1 spiro atoms. The molecule has 5 heteroatoms. The van der Waals surface area contributed by atoms with Crippen molar-refractivity contribution < 1.29 is 4.39 Å². The van der Waals surface area contributed by atoms with Crippen LogP contribution in [-0.4, -0.2) is 16.5 Å². The molecule has 1 heterocycles. The van der Waals surface area contributed by atoms with E-state index in [0.717, 1.165) is 16.6 Å². The van der Waals surface area contributed by atoms with Gasteiger partial charge in [-0.2, -0.15) is 0 Å². The molecule has 1 N–H and O–H groups in total. The molecule has 0 radical (unpaired) electrons. The molecule has 0 atom stereocenters. The van der Waals surface area contributed by atoms with E-state index in [1.165, 1.54) is 38.2 Å². The summed E-state index contributed by atoms with van der Waals surface area (Å²) in [5.74, 6) is 0.668. The Bertz CT molecular complexity index is 512. The van der Waals surface area contributed by atoms with Crippen molar-refractivity contribution in [2.24, 2.45) is 4.99 Å². The Morgan fingerprint density at radius 3 is 2.79 bits per heavy atom. The van der Waals surface area contributed by atoms with E-state index >= 15 is 0 Å². The minimum absolute atomic E-state index is 0.140. The van der Waals surface area contributed by atoms with E-state index in [1.807, 2.05) is 0 Å². The van der Waals surface area contributed by atoms with Crippen LogP contribution in [0.3, 0.4) is 0 Å². The normalized spacial score (nSPS) is 21.5.